The lowest BCUT2D eigenvalue weighted by atomic mass is 10.2. The summed E-state index contributed by atoms with van der Waals surface area (Å²) in [7, 11) is 0. The van der Waals surface area contributed by atoms with Gasteiger partial charge in [-0.15, -0.1) is 11.3 Å². The summed E-state index contributed by atoms with van der Waals surface area (Å²) in [6, 6.07) is 10.5. The number of carbonyl (C=O) groups is 1. The molecule has 0 bridgehead atoms. The first kappa shape index (κ1) is 15.0. The van der Waals surface area contributed by atoms with Gasteiger partial charge in [0.25, 0.3) is 0 Å². The third-order valence-corrected chi connectivity index (χ3v) is 4.81. The molecule has 1 N–H and O–H groups in total. The van der Waals surface area contributed by atoms with Gasteiger partial charge in [-0.25, -0.2) is 9.78 Å². The molecule has 0 radical (unpaired) electrons. The summed E-state index contributed by atoms with van der Waals surface area (Å²) in [5.74, 6) is -0.945. The molecule has 0 amide bonds. The van der Waals surface area contributed by atoms with Crippen molar-refractivity contribution >= 4 is 23.0 Å². The number of para-hydroxylation sites is 1. The number of benzene rings is 1. The lowest BCUT2D eigenvalue weighted by Gasteiger charge is -2.36. The summed E-state index contributed by atoms with van der Waals surface area (Å²) in [6.45, 7) is 5.07. The topological polar surface area (TPSA) is 56.7 Å². The maximum Gasteiger partial charge on any atom is 0.355 e. The maximum atomic E-state index is 10.8. The summed E-state index contributed by atoms with van der Waals surface area (Å²) in [4.78, 5) is 19.8. The Balaban J connectivity index is 1.46. The van der Waals surface area contributed by atoms with Crippen molar-refractivity contribution in [2.75, 3.05) is 37.6 Å². The van der Waals surface area contributed by atoms with Crippen LogP contribution in [0.15, 0.2) is 35.7 Å². The van der Waals surface area contributed by atoms with Crippen LogP contribution in [0.5, 0.6) is 0 Å². The quantitative estimate of drug-likeness (QED) is 0.916. The van der Waals surface area contributed by atoms with Crippen molar-refractivity contribution in [1.82, 2.24) is 9.88 Å². The molecular formula is C16H19N3O2S. The van der Waals surface area contributed by atoms with Crippen LogP contribution < -0.4 is 4.90 Å². The van der Waals surface area contributed by atoms with Gasteiger partial charge in [0.15, 0.2) is 5.69 Å². The molecule has 22 heavy (non-hydrogen) atoms. The third kappa shape index (κ3) is 3.64. The van der Waals surface area contributed by atoms with Crippen molar-refractivity contribution in [3.63, 3.8) is 0 Å². The molecule has 0 spiro atoms. The second-order valence-electron chi connectivity index (χ2n) is 5.35. The fourth-order valence-electron chi connectivity index (χ4n) is 2.65. The molecule has 3 rings (SSSR count). The summed E-state index contributed by atoms with van der Waals surface area (Å²) < 4.78 is 0. The van der Waals surface area contributed by atoms with Crippen LogP contribution in [-0.4, -0.2) is 53.7 Å². The Labute approximate surface area is 133 Å². The Kier molecular flexibility index (Phi) is 4.70. The van der Waals surface area contributed by atoms with Gasteiger partial charge in [-0.2, -0.15) is 0 Å². The van der Waals surface area contributed by atoms with Crippen molar-refractivity contribution in [3.8, 4) is 0 Å². The van der Waals surface area contributed by atoms with Gasteiger partial charge < -0.3 is 10.0 Å². The standard InChI is InChI=1S/C16H19N3O2S/c20-16(21)14-12-22-15(17-14)6-7-18-8-10-19(11-9-18)13-4-2-1-3-5-13/h1-5,12H,6-11H2,(H,20,21). The van der Waals surface area contributed by atoms with E-state index in [1.165, 1.54) is 17.0 Å². The molecule has 0 saturated carbocycles. The zero-order chi connectivity index (χ0) is 15.4. The predicted octanol–water partition coefficient (Wildman–Crippen LogP) is 2.21. The highest BCUT2D eigenvalue weighted by Crippen LogP contribution is 2.16. The van der Waals surface area contributed by atoms with E-state index in [1.54, 1.807) is 5.38 Å². The zero-order valence-corrected chi connectivity index (χ0v) is 13.1. The van der Waals surface area contributed by atoms with E-state index in [0.717, 1.165) is 44.2 Å². The summed E-state index contributed by atoms with van der Waals surface area (Å²) in [6.07, 6.45) is 0.823. The molecule has 1 aliphatic heterocycles. The van der Waals surface area contributed by atoms with Crippen molar-refractivity contribution < 1.29 is 9.90 Å². The summed E-state index contributed by atoms with van der Waals surface area (Å²) in [5.41, 5.74) is 1.45. The number of carboxylic acid groups (broad SMARTS) is 1. The molecular weight excluding hydrogens is 298 g/mol. The van der Waals surface area contributed by atoms with Gasteiger partial charge in [0, 0.05) is 50.2 Å². The Bertz CT molecular complexity index is 621. The van der Waals surface area contributed by atoms with Crippen LogP contribution in [0, 0.1) is 0 Å². The van der Waals surface area contributed by atoms with E-state index in [9.17, 15) is 4.79 Å². The average Bonchev–Trinajstić information content (AvgIpc) is 3.04. The molecule has 116 valence electrons. The first-order chi connectivity index (χ1) is 10.7. The first-order valence-corrected chi connectivity index (χ1v) is 8.30. The number of nitrogens with zero attached hydrogens (tertiary/aromatic N) is 3. The molecule has 1 saturated heterocycles. The van der Waals surface area contributed by atoms with Crippen LogP contribution in [-0.2, 0) is 6.42 Å². The van der Waals surface area contributed by atoms with Gasteiger partial charge in [-0.05, 0) is 12.1 Å². The fourth-order valence-corrected chi connectivity index (χ4v) is 3.41. The third-order valence-electron chi connectivity index (χ3n) is 3.91. The molecule has 2 aromatic rings. The van der Waals surface area contributed by atoms with Crippen molar-refractivity contribution in [1.29, 1.82) is 0 Å². The molecule has 2 heterocycles. The number of carboxylic acids is 1. The normalized spacial score (nSPS) is 15.9. The van der Waals surface area contributed by atoms with Gasteiger partial charge >= 0.3 is 5.97 Å². The minimum absolute atomic E-state index is 0.161. The molecule has 1 fully saturated rings. The zero-order valence-electron chi connectivity index (χ0n) is 12.3. The SMILES string of the molecule is O=C(O)c1csc(CCN2CCN(c3ccccc3)CC2)n1. The highest BCUT2D eigenvalue weighted by atomic mass is 32.1. The number of anilines is 1. The Morgan fingerprint density at radius 3 is 2.55 bits per heavy atom. The van der Waals surface area contributed by atoms with E-state index < -0.39 is 5.97 Å². The largest absolute Gasteiger partial charge is 0.476 e. The van der Waals surface area contributed by atoms with E-state index >= 15 is 0 Å². The van der Waals surface area contributed by atoms with Crippen LogP contribution in [0.2, 0.25) is 0 Å². The predicted molar refractivity (Wildman–Crippen MR) is 87.9 cm³/mol. The van der Waals surface area contributed by atoms with Crippen LogP contribution in [0.25, 0.3) is 0 Å². The highest BCUT2D eigenvalue weighted by molar-refractivity contribution is 7.09. The highest BCUT2D eigenvalue weighted by Gasteiger charge is 2.17. The summed E-state index contributed by atoms with van der Waals surface area (Å²) >= 11 is 1.43. The molecule has 0 unspecified atom stereocenters. The fraction of sp³-hybridized carbons (Fsp3) is 0.375. The van der Waals surface area contributed by atoms with E-state index in [2.05, 4.69) is 39.0 Å². The number of aromatic carboxylic acids is 1. The smallest absolute Gasteiger partial charge is 0.355 e. The van der Waals surface area contributed by atoms with Crippen LogP contribution in [0.3, 0.4) is 0 Å². The number of rotatable bonds is 5. The number of piperazine rings is 1. The van der Waals surface area contributed by atoms with E-state index in [0.29, 0.717) is 0 Å². The summed E-state index contributed by atoms with van der Waals surface area (Å²) in [5, 5.41) is 11.4. The molecule has 0 aliphatic carbocycles. The van der Waals surface area contributed by atoms with Crippen molar-refractivity contribution in [2.24, 2.45) is 0 Å². The van der Waals surface area contributed by atoms with Gasteiger partial charge in [0.1, 0.15) is 0 Å². The van der Waals surface area contributed by atoms with Crippen LogP contribution >= 0.6 is 11.3 Å². The number of hydrogen-bond donors (Lipinski definition) is 1. The average molecular weight is 317 g/mol. The monoisotopic (exact) mass is 317 g/mol. The molecule has 1 aromatic carbocycles. The Hall–Kier alpha value is -1.92. The molecule has 6 heteroatoms. The van der Waals surface area contributed by atoms with Crippen LogP contribution in [0.1, 0.15) is 15.5 Å². The Morgan fingerprint density at radius 2 is 1.91 bits per heavy atom. The second kappa shape index (κ2) is 6.89. The molecule has 5 nitrogen and oxygen atoms in total. The minimum Gasteiger partial charge on any atom is -0.476 e. The molecule has 1 aromatic heterocycles. The lowest BCUT2D eigenvalue weighted by Crippen LogP contribution is -2.46. The lowest BCUT2D eigenvalue weighted by molar-refractivity contribution is 0.0691. The minimum atomic E-state index is -0.945. The van der Waals surface area contributed by atoms with E-state index in [1.807, 2.05) is 6.07 Å². The van der Waals surface area contributed by atoms with Crippen LogP contribution in [0.4, 0.5) is 5.69 Å². The van der Waals surface area contributed by atoms with Crippen molar-refractivity contribution in [3.05, 3.63) is 46.4 Å². The van der Waals surface area contributed by atoms with Crippen molar-refractivity contribution in [2.45, 2.75) is 6.42 Å². The van der Waals surface area contributed by atoms with Gasteiger partial charge in [0.2, 0.25) is 0 Å². The van der Waals surface area contributed by atoms with E-state index in [4.69, 9.17) is 5.11 Å². The molecule has 0 atom stereocenters. The van der Waals surface area contributed by atoms with Gasteiger partial charge in [0.05, 0.1) is 5.01 Å². The van der Waals surface area contributed by atoms with Gasteiger partial charge in [-0.3, -0.25) is 4.90 Å². The first-order valence-electron chi connectivity index (χ1n) is 7.42. The number of thiazole rings is 1. The Morgan fingerprint density at radius 1 is 1.18 bits per heavy atom. The second-order valence-corrected chi connectivity index (χ2v) is 6.29. The van der Waals surface area contributed by atoms with E-state index in [-0.39, 0.29) is 5.69 Å². The number of aromatic nitrogens is 1. The molecule has 1 aliphatic rings. The number of hydrogen-bond acceptors (Lipinski definition) is 5. The van der Waals surface area contributed by atoms with Gasteiger partial charge in [-0.1, -0.05) is 18.2 Å². The maximum absolute atomic E-state index is 10.8.